The zero-order valence-electron chi connectivity index (χ0n) is 9.85. The number of carbonyl (C=O) groups is 1. The van der Waals surface area contributed by atoms with Crippen LogP contribution in [0.4, 0.5) is 0 Å². The van der Waals surface area contributed by atoms with Crippen molar-refractivity contribution in [3.8, 4) is 0 Å². The van der Waals surface area contributed by atoms with E-state index in [4.69, 9.17) is 0 Å². The molecule has 0 fully saturated rings. The molecule has 0 saturated heterocycles. The topological polar surface area (TPSA) is 29.1 Å². The molecule has 0 aliphatic rings. The maximum atomic E-state index is 10.5. The molecule has 1 N–H and O–H groups in total. The van der Waals surface area contributed by atoms with Crippen molar-refractivity contribution in [2.75, 3.05) is 0 Å². The Morgan fingerprint density at radius 2 is 1.54 bits per heavy atom. The summed E-state index contributed by atoms with van der Waals surface area (Å²) in [4.78, 5) is 10.5. The van der Waals surface area contributed by atoms with Crippen LogP contribution in [0.25, 0.3) is 0 Å². The van der Waals surface area contributed by atoms with Crippen molar-refractivity contribution in [2.45, 2.75) is 54.0 Å². The Kier molecular flexibility index (Phi) is 16.3. The van der Waals surface area contributed by atoms with E-state index >= 15 is 0 Å². The number of amides is 1. The zero-order chi connectivity index (χ0) is 10.1. The molecule has 0 aliphatic carbocycles. The molecule has 0 bridgehead atoms. The molecule has 0 spiro atoms. The smallest absolute Gasteiger partial charge is 0.219 e. The van der Waals surface area contributed by atoms with Gasteiger partial charge in [0, 0.05) is 22.3 Å². The molecule has 0 unspecified atom stereocenters. The van der Waals surface area contributed by atoms with Crippen molar-refractivity contribution in [1.82, 2.24) is 5.32 Å². The van der Waals surface area contributed by atoms with E-state index < -0.39 is 0 Å². The molecule has 2 nitrogen and oxygen atoms in total. The van der Waals surface area contributed by atoms with E-state index in [0.29, 0.717) is 6.42 Å². The van der Waals surface area contributed by atoms with E-state index in [0.717, 1.165) is 5.92 Å². The first-order valence-corrected chi connectivity index (χ1v) is 4.69. The molecule has 79 valence electrons. The summed E-state index contributed by atoms with van der Waals surface area (Å²) in [5.74, 6) is 0.958. The number of carbonyl (C=O) groups excluding carboxylic acids is 1. The molecular formula is C10H25BNO. The Hall–Kier alpha value is -0.465. The van der Waals surface area contributed by atoms with Crippen LogP contribution < -0.4 is 5.32 Å². The van der Waals surface area contributed by atoms with Gasteiger partial charge in [0.05, 0.1) is 0 Å². The number of hydrogen-bond acceptors (Lipinski definition) is 1. The molecule has 0 rings (SSSR count). The van der Waals surface area contributed by atoms with Gasteiger partial charge in [-0.15, -0.1) is 0 Å². The third kappa shape index (κ3) is 34.2. The highest BCUT2D eigenvalue weighted by Crippen LogP contribution is 1.81. The monoisotopic (exact) mass is 187 g/mol. The Bertz CT molecular complexity index is 116. The van der Waals surface area contributed by atoms with Gasteiger partial charge in [-0.2, -0.15) is 0 Å². The third-order valence-corrected chi connectivity index (χ3v) is 0.771. The van der Waals surface area contributed by atoms with Crippen LogP contribution in [0.1, 0.15) is 49.4 Å². The molecule has 0 aromatic carbocycles. The van der Waals surface area contributed by atoms with Crippen LogP contribution >= 0.6 is 0 Å². The maximum Gasteiger partial charge on any atom is 0.219 e. The van der Waals surface area contributed by atoms with E-state index in [1.807, 2.05) is 20.8 Å². The molecule has 0 saturated carbocycles. The Morgan fingerprint density at radius 3 is 1.62 bits per heavy atom. The Morgan fingerprint density at radius 1 is 1.23 bits per heavy atom. The van der Waals surface area contributed by atoms with Crippen molar-refractivity contribution in [1.29, 1.82) is 0 Å². The fourth-order valence-corrected chi connectivity index (χ4v) is 0.424. The van der Waals surface area contributed by atoms with Gasteiger partial charge >= 0.3 is 0 Å². The largest absolute Gasteiger partial charge is 0.354 e. The van der Waals surface area contributed by atoms with Crippen LogP contribution in [0.5, 0.6) is 0 Å². The normalized spacial score (nSPS) is 8.62. The average molecular weight is 187 g/mol. The predicted molar refractivity (Wildman–Crippen MR) is 61.9 cm³/mol. The van der Waals surface area contributed by atoms with Crippen LogP contribution in [0.15, 0.2) is 0 Å². The minimum atomic E-state index is 0. The zero-order valence-corrected chi connectivity index (χ0v) is 9.85. The minimum Gasteiger partial charge on any atom is -0.354 e. The van der Waals surface area contributed by atoms with Gasteiger partial charge in [-0.25, -0.2) is 0 Å². The molecule has 0 aliphatic heterocycles. The molecule has 3 radical (unpaired) electrons. The molecular weight excluding hydrogens is 161 g/mol. The lowest BCUT2D eigenvalue weighted by atomic mass is 10.3. The second-order valence-corrected chi connectivity index (χ2v) is 3.81. The summed E-state index contributed by atoms with van der Waals surface area (Å²) in [5, 5.41) is 2.75. The Balaban J connectivity index is -0.0000000733. The molecule has 13 heavy (non-hydrogen) atoms. The van der Waals surface area contributed by atoms with Crippen LogP contribution in [-0.2, 0) is 4.79 Å². The molecule has 0 heterocycles. The summed E-state index contributed by atoms with van der Waals surface area (Å²) in [5.41, 5.74) is 0. The van der Waals surface area contributed by atoms with Gasteiger partial charge in [-0.1, -0.05) is 27.7 Å². The SMILES string of the molecule is CC(C)C.CCC(=O)NC(C)C.[2HH].[B]. The van der Waals surface area contributed by atoms with E-state index in [9.17, 15) is 4.79 Å². The van der Waals surface area contributed by atoms with Crippen LogP contribution in [0.3, 0.4) is 0 Å². The first-order chi connectivity index (χ1) is 5.40. The van der Waals surface area contributed by atoms with E-state index in [-0.39, 0.29) is 21.8 Å². The predicted octanol–water partition coefficient (Wildman–Crippen LogP) is 2.45. The molecule has 3 heteroatoms. The lowest BCUT2D eigenvalue weighted by molar-refractivity contribution is -0.121. The van der Waals surface area contributed by atoms with Crippen LogP contribution in [0.2, 0.25) is 0 Å². The third-order valence-electron chi connectivity index (χ3n) is 0.771. The fraction of sp³-hybridized carbons (Fsp3) is 0.900. The number of hydrogen-bond donors (Lipinski definition) is 1. The first kappa shape index (κ1) is 18.3. The highest BCUT2D eigenvalue weighted by molar-refractivity contribution is 5.76. The molecule has 0 aromatic heterocycles. The van der Waals surface area contributed by atoms with Gasteiger partial charge in [-0.3, -0.25) is 4.79 Å². The minimum absolute atomic E-state index is 0. The van der Waals surface area contributed by atoms with Crippen molar-refractivity contribution in [2.24, 2.45) is 5.92 Å². The number of nitrogens with one attached hydrogen (secondary N) is 1. The lowest BCUT2D eigenvalue weighted by Gasteiger charge is -2.04. The first-order valence-electron chi connectivity index (χ1n) is 4.69. The second-order valence-electron chi connectivity index (χ2n) is 3.81. The van der Waals surface area contributed by atoms with Gasteiger partial charge < -0.3 is 5.32 Å². The van der Waals surface area contributed by atoms with Crippen LogP contribution in [0, 0.1) is 5.92 Å². The highest BCUT2D eigenvalue weighted by Gasteiger charge is 1.96. The van der Waals surface area contributed by atoms with Gasteiger partial charge in [-0.05, 0) is 19.8 Å². The quantitative estimate of drug-likeness (QED) is 0.661. The van der Waals surface area contributed by atoms with E-state index in [1.54, 1.807) is 0 Å². The summed E-state index contributed by atoms with van der Waals surface area (Å²) in [6.07, 6.45) is 0.582. The second kappa shape index (κ2) is 11.5. The summed E-state index contributed by atoms with van der Waals surface area (Å²) in [6, 6.07) is 0.280. The van der Waals surface area contributed by atoms with Crippen molar-refractivity contribution in [3.05, 3.63) is 0 Å². The summed E-state index contributed by atoms with van der Waals surface area (Å²) in [7, 11) is 0. The average Bonchev–Trinajstić information content (AvgIpc) is 1.84. The highest BCUT2D eigenvalue weighted by atomic mass is 16.1. The lowest BCUT2D eigenvalue weighted by Crippen LogP contribution is -2.29. The van der Waals surface area contributed by atoms with Gasteiger partial charge in [0.15, 0.2) is 0 Å². The van der Waals surface area contributed by atoms with Gasteiger partial charge in [0.25, 0.3) is 0 Å². The summed E-state index contributed by atoms with van der Waals surface area (Å²) < 4.78 is 0. The standard InChI is InChI=1S/C6H13NO.C4H10.B.H2/c1-4-6(8)7-5(2)3;1-4(2)3;;/h5H,4H2,1-3H3,(H,7,8);4H,1-3H3;;1H/i;;;1+1. The molecule has 1 amide bonds. The maximum absolute atomic E-state index is 10.5. The van der Waals surface area contributed by atoms with E-state index in [1.165, 1.54) is 0 Å². The molecule has 0 aromatic rings. The summed E-state index contributed by atoms with van der Waals surface area (Å²) in [6.45, 7) is 12.2. The number of rotatable bonds is 2. The van der Waals surface area contributed by atoms with E-state index in [2.05, 4.69) is 26.1 Å². The summed E-state index contributed by atoms with van der Waals surface area (Å²) >= 11 is 0. The molecule has 0 atom stereocenters. The van der Waals surface area contributed by atoms with Crippen LogP contribution in [-0.4, -0.2) is 20.4 Å². The van der Waals surface area contributed by atoms with Gasteiger partial charge in [0.1, 0.15) is 0 Å². The van der Waals surface area contributed by atoms with Gasteiger partial charge in [0.2, 0.25) is 5.91 Å². The van der Waals surface area contributed by atoms with Crippen molar-refractivity contribution in [3.63, 3.8) is 0 Å². The van der Waals surface area contributed by atoms with Crippen molar-refractivity contribution < 1.29 is 6.22 Å². The Labute approximate surface area is 86.5 Å². The van der Waals surface area contributed by atoms with Crippen molar-refractivity contribution >= 4 is 14.3 Å². The fourth-order valence-electron chi connectivity index (χ4n) is 0.424.